The van der Waals surface area contributed by atoms with E-state index in [1.54, 1.807) is 20.8 Å². The molecule has 100 valence electrons. The summed E-state index contributed by atoms with van der Waals surface area (Å²) in [6, 6.07) is -0.413. The Labute approximate surface area is 101 Å². The second-order valence-corrected chi connectivity index (χ2v) is 5.05. The van der Waals surface area contributed by atoms with Crippen LogP contribution in [0.3, 0.4) is 0 Å². The van der Waals surface area contributed by atoms with E-state index in [0.29, 0.717) is 6.42 Å². The summed E-state index contributed by atoms with van der Waals surface area (Å²) >= 11 is 0. The number of hydrogen-bond acceptors (Lipinski definition) is 5. The highest BCUT2D eigenvalue weighted by molar-refractivity contribution is 5.68. The second kappa shape index (κ2) is 5.66. The zero-order chi connectivity index (χ0) is 13.1. The van der Waals surface area contributed by atoms with E-state index in [1.165, 1.54) is 7.11 Å². The van der Waals surface area contributed by atoms with E-state index in [4.69, 9.17) is 14.2 Å². The van der Waals surface area contributed by atoms with Crippen molar-refractivity contribution in [3.05, 3.63) is 0 Å². The predicted octanol–water partition coefficient (Wildman–Crippen LogP) is 0.633. The van der Waals surface area contributed by atoms with Gasteiger partial charge in [0, 0.05) is 13.5 Å². The summed E-state index contributed by atoms with van der Waals surface area (Å²) in [6.07, 6.45) is -1.29. The van der Waals surface area contributed by atoms with E-state index in [-0.39, 0.29) is 6.61 Å². The lowest BCUT2D eigenvalue weighted by Gasteiger charge is -2.33. The lowest BCUT2D eigenvalue weighted by atomic mass is 10.1. The summed E-state index contributed by atoms with van der Waals surface area (Å²) in [5.41, 5.74) is -0.555. The molecule has 0 aliphatic carbocycles. The molecule has 0 radical (unpaired) electrons. The maximum atomic E-state index is 11.5. The summed E-state index contributed by atoms with van der Waals surface area (Å²) in [4.78, 5) is 11.5. The first kappa shape index (κ1) is 14.2. The zero-order valence-corrected chi connectivity index (χ0v) is 10.7. The molecule has 1 rings (SSSR count). The van der Waals surface area contributed by atoms with Crippen LogP contribution in [0.15, 0.2) is 0 Å². The highest BCUT2D eigenvalue weighted by atomic mass is 16.7. The largest absolute Gasteiger partial charge is 0.444 e. The minimum absolute atomic E-state index is 0.138. The Balaban J connectivity index is 2.46. The van der Waals surface area contributed by atoms with Crippen LogP contribution in [0.4, 0.5) is 4.79 Å². The first-order valence-corrected chi connectivity index (χ1v) is 5.64. The van der Waals surface area contributed by atoms with Crippen LogP contribution in [-0.2, 0) is 14.2 Å². The number of rotatable bonds is 2. The molecular formula is C11H21NO5. The van der Waals surface area contributed by atoms with Gasteiger partial charge in [-0.05, 0) is 20.8 Å². The van der Waals surface area contributed by atoms with Gasteiger partial charge in [-0.3, -0.25) is 0 Å². The van der Waals surface area contributed by atoms with E-state index in [1.807, 2.05) is 0 Å². The van der Waals surface area contributed by atoms with Crippen molar-refractivity contribution in [1.82, 2.24) is 5.32 Å². The summed E-state index contributed by atoms with van der Waals surface area (Å²) in [7, 11) is 1.52. The monoisotopic (exact) mass is 247 g/mol. The van der Waals surface area contributed by atoms with Crippen LogP contribution in [0.5, 0.6) is 0 Å². The second-order valence-electron chi connectivity index (χ2n) is 5.05. The van der Waals surface area contributed by atoms with Crippen molar-refractivity contribution >= 4 is 6.09 Å². The van der Waals surface area contributed by atoms with Crippen molar-refractivity contribution in [2.24, 2.45) is 0 Å². The fourth-order valence-corrected chi connectivity index (χ4v) is 1.53. The molecule has 1 heterocycles. The normalized spacial score (nSPS) is 29.8. The van der Waals surface area contributed by atoms with Gasteiger partial charge in [-0.15, -0.1) is 0 Å². The van der Waals surface area contributed by atoms with E-state index < -0.39 is 30.1 Å². The van der Waals surface area contributed by atoms with Gasteiger partial charge in [0.25, 0.3) is 0 Å². The minimum Gasteiger partial charge on any atom is -0.444 e. The minimum atomic E-state index is -0.742. The molecule has 0 bridgehead atoms. The molecule has 1 aliphatic heterocycles. The third-order valence-electron chi connectivity index (χ3n) is 2.33. The van der Waals surface area contributed by atoms with Crippen LogP contribution >= 0.6 is 0 Å². The molecular weight excluding hydrogens is 226 g/mol. The van der Waals surface area contributed by atoms with Crippen molar-refractivity contribution in [2.45, 2.75) is 51.2 Å². The highest BCUT2D eigenvalue weighted by Gasteiger charge is 2.32. The Kier molecular flexibility index (Phi) is 4.73. The smallest absolute Gasteiger partial charge is 0.407 e. The van der Waals surface area contributed by atoms with Crippen LogP contribution in [0.25, 0.3) is 0 Å². The van der Waals surface area contributed by atoms with Gasteiger partial charge in [-0.25, -0.2) is 4.79 Å². The summed E-state index contributed by atoms with van der Waals surface area (Å²) in [5, 5.41) is 12.3. The number of hydrogen-bond donors (Lipinski definition) is 2. The lowest BCUT2D eigenvalue weighted by Crippen LogP contribution is -2.52. The first-order chi connectivity index (χ1) is 7.81. The van der Waals surface area contributed by atoms with Crippen LogP contribution in [0.2, 0.25) is 0 Å². The van der Waals surface area contributed by atoms with Gasteiger partial charge in [0.2, 0.25) is 0 Å². The molecule has 1 aliphatic rings. The average Bonchev–Trinajstić information content (AvgIpc) is 2.18. The van der Waals surface area contributed by atoms with Gasteiger partial charge in [0.05, 0.1) is 18.8 Å². The van der Waals surface area contributed by atoms with Crippen molar-refractivity contribution in [1.29, 1.82) is 0 Å². The van der Waals surface area contributed by atoms with Crippen molar-refractivity contribution in [3.8, 4) is 0 Å². The summed E-state index contributed by atoms with van der Waals surface area (Å²) < 4.78 is 15.3. The summed E-state index contributed by atoms with van der Waals surface area (Å²) in [5.74, 6) is 0. The van der Waals surface area contributed by atoms with Gasteiger partial charge in [0.1, 0.15) is 5.60 Å². The maximum Gasteiger partial charge on any atom is 0.407 e. The molecule has 0 spiro atoms. The summed E-state index contributed by atoms with van der Waals surface area (Å²) in [6.45, 7) is 5.49. The van der Waals surface area contributed by atoms with Crippen molar-refractivity contribution in [2.75, 3.05) is 13.7 Å². The molecule has 6 heteroatoms. The Morgan fingerprint density at radius 3 is 2.65 bits per heavy atom. The van der Waals surface area contributed by atoms with Crippen LogP contribution in [0, 0.1) is 0 Å². The molecule has 3 atom stereocenters. The molecule has 0 aromatic carbocycles. The molecule has 1 saturated heterocycles. The maximum absolute atomic E-state index is 11.5. The van der Waals surface area contributed by atoms with Crippen LogP contribution < -0.4 is 5.32 Å². The fraction of sp³-hybridized carbons (Fsp3) is 0.909. The Hall–Kier alpha value is -0.850. The molecule has 0 aromatic heterocycles. The van der Waals surface area contributed by atoms with Crippen LogP contribution in [-0.4, -0.2) is 49.0 Å². The molecule has 0 unspecified atom stereocenters. The standard InChI is InChI=1S/C11H21NO5/c1-11(2,3)17-10(14)12-7-5-9(15-4)16-6-8(7)13/h7-9,13H,5-6H2,1-4H3,(H,12,14)/t7-,8+,9+/m1/s1. The third kappa shape index (κ3) is 4.89. The number of alkyl carbamates (subject to hydrolysis) is 1. The highest BCUT2D eigenvalue weighted by Crippen LogP contribution is 2.16. The lowest BCUT2D eigenvalue weighted by molar-refractivity contribution is -0.181. The zero-order valence-electron chi connectivity index (χ0n) is 10.7. The number of methoxy groups -OCH3 is 1. The van der Waals surface area contributed by atoms with Crippen molar-refractivity contribution in [3.63, 3.8) is 0 Å². The molecule has 2 N–H and O–H groups in total. The molecule has 0 aromatic rings. The molecule has 1 fully saturated rings. The number of nitrogens with one attached hydrogen (secondary N) is 1. The average molecular weight is 247 g/mol. The SMILES string of the molecule is CO[C@@H]1C[C@@H](NC(=O)OC(C)(C)C)[C@@H](O)CO1. The van der Waals surface area contributed by atoms with E-state index >= 15 is 0 Å². The van der Waals surface area contributed by atoms with Gasteiger partial charge >= 0.3 is 6.09 Å². The number of carbonyl (C=O) groups excluding carboxylic acids is 1. The number of ether oxygens (including phenoxy) is 3. The Bertz CT molecular complexity index is 263. The van der Waals surface area contributed by atoms with Gasteiger partial charge in [-0.2, -0.15) is 0 Å². The fourth-order valence-electron chi connectivity index (χ4n) is 1.53. The number of aliphatic hydroxyl groups excluding tert-OH is 1. The molecule has 0 saturated carbocycles. The quantitative estimate of drug-likeness (QED) is 0.748. The van der Waals surface area contributed by atoms with Gasteiger partial charge in [0.15, 0.2) is 6.29 Å². The van der Waals surface area contributed by atoms with E-state index in [0.717, 1.165) is 0 Å². The number of aliphatic hydroxyl groups is 1. The van der Waals surface area contributed by atoms with Crippen molar-refractivity contribution < 1.29 is 24.1 Å². The molecule has 6 nitrogen and oxygen atoms in total. The van der Waals surface area contributed by atoms with E-state index in [2.05, 4.69) is 5.32 Å². The number of carbonyl (C=O) groups is 1. The molecule has 1 amide bonds. The first-order valence-electron chi connectivity index (χ1n) is 5.64. The third-order valence-corrected chi connectivity index (χ3v) is 2.33. The topological polar surface area (TPSA) is 77.0 Å². The Morgan fingerprint density at radius 1 is 1.47 bits per heavy atom. The van der Waals surface area contributed by atoms with Crippen LogP contribution in [0.1, 0.15) is 27.2 Å². The van der Waals surface area contributed by atoms with Gasteiger partial charge in [-0.1, -0.05) is 0 Å². The number of amides is 1. The Morgan fingerprint density at radius 2 is 2.12 bits per heavy atom. The van der Waals surface area contributed by atoms with E-state index in [9.17, 15) is 9.90 Å². The predicted molar refractivity (Wildman–Crippen MR) is 60.5 cm³/mol. The molecule has 17 heavy (non-hydrogen) atoms. The van der Waals surface area contributed by atoms with Gasteiger partial charge < -0.3 is 24.6 Å².